The van der Waals surface area contributed by atoms with Crippen molar-refractivity contribution in [2.75, 3.05) is 13.4 Å². The van der Waals surface area contributed by atoms with Crippen LogP contribution in [-0.2, 0) is 16.0 Å². The zero-order valence-corrected chi connectivity index (χ0v) is 8.49. The second kappa shape index (κ2) is 4.21. The van der Waals surface area contributed by atoms with Crippen molar-refractivity contribution in [2.45, 2.75) is 13.3 Å². The monoisotopic (exact) mass is 208 g/mol. The number of fused-ring (bicyclic) bond motifs is 1. The van der Waals surface area contributed by atoms with E-state index in [0.29, 0.717) is 12.4 Å². The molecule has 0 aromatic heterocycles. The van der Waals surface area contributed by atoms with E-state index in [0.717, 1.165) is 11.3 Å². The molecule has 4 nitrogen and oxygen atoms in total. The van der Waals surface area contributed by atoms with Crippen LogP contribution in [0.4, 0.5) is 0 Å². The minimum Gasteiger partial charge on any atom is -0.466 e. The zero-order chi connectivity index (χ0) is 10.7. The van der Waals surface area contributed by atoms with Gasteiger partial charge in [-0.2, -0.15) is 0 Å². The molecular weight excluding hydrogens is 196 g/mol. The molecule has 0 spiro atoms. The molecule has 15 heavy (non-hydrogen) atoms. The second-order valence-corrected chi connectivity index (χ2v) is 3.17. The number of hydrogen-bond donors (Lipinski definition) is 0. The van der Waals surface area contributed by atoms with E-state index >= 15 is 0 Å². The zero-order valence-electron chi connectivity index (χ0n) is 8.49. The number of esters is 1. The highest BCUT2D eigenvalue weighted by Gasteiger charge is 2.14. The molecule has 0 amide bonds. The summed E-state index contributed by atoms with van der Waals surface area (Å²) in [5.74, 6) is 1.19. The highest BCUT2D eigenvalue weighted by molar-refractivity contribution is 5.73. The van der Waals surface area contributed by atoms with Gasteiger partial charge < -0.3 is 14.2 Å². The number of benzene rings is 1. The molecule has 1 aliphatic heterocycles. The minimum atomic E-state index is -0.226. The first-order valence-electron chi connectivity index (χ1n) is 4.83. The van der Waals surface area contributed by atoms with Crippen molar-refractivity contribution < 1.29 is 19.0 Å². The summed E-state index contributed by atoms with van der Waals surface area (Å²) in [6, 6.07) is 5.45. The van der Waals surface area contributed by atoms with Crippen molar-refractivity contribution in [1.82, 2.24) is 0 Å². The number of rotatable bonds is 3. The summed E-state index contributed by atoms with van der Waals surface area (Å²) in [6.45, 7) is 2.44. The summed E-state index contributed by atoms with van der Waals surface area (Å²) in [5, 5.41) is 0. The van der Waals surface area contributed by atoms with Crippen LogP contribution in [0, 0.1) is 0 Å². The summed E-state index contributed by atoms with van der Waals surface area (Å²) < 4.78 is 15.2. The van der Waals surface area contributed by atoms with E-state index in [1.165, 1.54) is 0 Å². The van der Waals surface area contributed by atoms with Crippen LogP contribution in [-0.4, -0.2) is 19.4 Å². The van der Waals surface area contributed by atoms with Crippen LogP contribution in [0.1, 0.15) is 12.5 Å². The molecule has 80 valence electrons. The molecule has 0 unspecified atom stereocenters. The maximum atomic E-state index is 11.2. The Morgan fingerprint density at radius 1 is 1.40 bits per heavy atom. The van der Waals surface area contributed by atoms with Crippen molar-refractivity contribution in [3.63, 3.8) is 0 Å². The SMILES string of the molecule is CCOC(=O)Cc1ccc2c(c1)OCO2. The Bertz CT molecular complexity index is 373. The topological polar surface area (TPSA) is 44.8 Å². The Kier molecular flexibility index (Phi) is 2.76. The van der Waals surface area contributed by atoms with E-state index in [1.54, 1.807) is 19.1 Å². The summed E-state index contributed by atoms with van der Waals surface area (Å²) in [4.78, 5) is 11.2. The third-order valence-corrected chi connectivity index (χ3v) is 2.09. The molecule has 0 saturated carbocycles. The number of ether oxygens (including phenoxy) is 3. The molecular formula is C11H12O4. The molecule has 0 radical (unpaired) electrons. The van der Waals surface area contributed by atoms with Gasteiger partial charge >= 0.3 is 5.97 Å². The summed E-state index contributed by atoms with van der Waals surface area (Å²) in [6.07, 6.45) is 0.268. The third-order valence-electron chi connectivity index (χ3n) is 2.09. The first-order valence-corrected chi connectivity index (χ1v) is 4.83. The van der Waals surface area contributed by atoms with Crippen LogP contribution in [0.3, 0.4) is 0 Å². The van der Waals surface area contributed by atoms with Crippen LogP contribution in [0.2, 0.25) is 0 Å². The molecule has 0 fully saturated rings. The van der Waals surface area contributed by atoms with Crippen molar-refractivity contribution in [2.24, 2.45) is 0 Å². The van der Waals surface area contributed by atoms with Gasteiger partial charge in [-0.05, 0) is 24.6 Å². The van der Waals surface area contributed by atoms with E-state index in [-0.39, 0.29) is 19.2 Å². The molecule has 1 aromatic carbocycles. The molecule has 1 aromatic rings. The fourth-order valence-electron chi connectivity index (χ4n) is 1.43. The normalized spacial score (nSPS) is 12.6. The van der Waals surface area contributed by atoms with Crippen molar-refractivity contribution in [1.29, 1.82) is 0 Å². The lowest BCUT2D eigenvalue weighted by Gasteiger charge is -2.02. The van der Waals surface area contributed by atoms with E-state index in [4.69, 9.17) is 14.2 Å². The van der Waals surface area contributed by atoms with E-state index in [9.17, 15) is 4.79 Å². The quantitative estimate of drug-likeness (QED) is 0.706. The maximum absolute atomic E-state index is 11.2. The van der Waals surface area contributed by atoms with Gasteiger partial charge in [-0.1, -0.05) is 6.07 Å². The third kappa shape index (κ3) is 2.21. The van der Waals surface area contributed by atoms with Gasteiger partial charge in [-0.25, -0.2) is 0 Å². The lowest BCUT2D eigenvalue weighted by Crippen LogP contribution is -2.07. The van der Waals surface area contributed by atoms with Gasteiger partial charge in [0.15, 0.2) is 11.5 Å². The lowest BCUT2D eigenvalue weighted by molar-refractivity contribution is -0.142. The molecule has 4 heteroatoms. The Morgan fingerprint density at radius 3 is 3.00 bits per heavy atom. The van der Waals surface area contributed by atoms with E-state index < -0.39 is 0 Å². The minimum absolute atomic E-state index is 0.226. The van der Waals surface area contributed by atoms with Gasteiger partial charge in [0.1, 0.15) is 0 Å². The molecule has 0 atom stereocenters. The second-order valence-electron chi connectivity index (χ2n) is 3.17. The predicted molar refractivity (Wildman–Crippen MR) is 52.9 cm³/mol. The van der Waals surface area contributed by atoms with Gasteiger partial charge in [-0.3, -0.25) is 4.79 Å². The van der Waals surface area contributed by atoms with E-state index in [2.05, 4.69) is 0 Å². The van der Waals surface area contributed by atoms with Gasteiger partial charge in [0.25, 0.3) is 0 Å². The lowest BCUT2D eigenvalue weighted by atomic mass is 10.1. The molecule has 1 heterocycles. The number of carbonyl (C=O) groups is 1. The molecule has 0 N–H and O–H groups in total. The van der Waals surface area contributed by atoms with E-state index in [1.807, 2.05) is 6.07 Å². The summed E-state index contributed by atoms with van der Waals surface area (Å²) in [5.41, 5.74) is 0.873. The number of carbonyl (C=O) groups excluding carboxylic acids is 1. The molecule has 1 aliphatic rings. The van der Waals surface area contributed by atoms with Crippen LogP contribution in [0.5, 0.6) is 11.5 Å². The summed E-state index contributed by atoms with van der Waals surface area (Å²) >= 11 is 0. The Hall–Kier alpha value is -1.71. The standard InChI is InChI=1S/C11H12O4/c1-2-13-11(12)6-8-3-4-9-10(5-8)15-7-14-9/h3-5H,2,6-7H2,1H3. The molecule has 0 bridgehead atoms. The van der Waals surface area contributed by atoms with Gasteiger partial charge in [0, 0.05) is 0 Å². The fourth-order valence-corrected chi connectivity index (χ4v) is 1.43. The fraction of sp³-hybridized carbons (Fsp3) is 0.364. The van der Waals surface area contributed by atoms with Crippen LogP contribution >= 0.6 is 0 Å². The highest BCUT2D eigenvalue weighted by atomic mass is 16.7. The van der Waals surface area contributed by atoms with Crippen molar-refractivity contribution in [3.05, 3.63) is 23.8 Å². The smallest absolute Gasteiger partial charge is 0.310 e. The van der Waals surface area contributed by atoms with Crippen LogP contribution in [0.15, 0.2) is 18.2 Å². The average Bonchev–Trinajstić information content (AvgIpc) is 2.65. The maximum Gasteiger partial charge on any atom is 0.310 e. The Balaban J connectivity index is 2.06. The average molecular weight is 208 g/mol. The molecule has 0 saturated heterocycles. The van der Waals surface area contributed by atoms with Gasteiger partial charge in [0.05, 0.1) is 13.0 Å². The Labute approximate surface area is 87.8 Å². The first-order chi connectivity index (χ1) is 7.29. The first kappa shape index (κ1) is 9.83. The largest absolute Gasteiger partial charge is 0.466 e. The van der Waals surface area contributed by atoms with Crippen molar-refractivity contribution >= 4 is 5.97 Å². The van der Waals surface area contributed by atoms with Crippen LogP contribution in [0.25, 0.3) is 0 Å². The molecule has 2 rings (SSSR count). The predicted octanol–water partition coefficient (Wildman–Crippen LogP) is 1.52. The van der Waals surface area contributed by atoms with Gasteiger partial charge in [-0.15, -0.1) is 0 Å². The Morgan fingerprint density at radius 2 is 2.20 bits per heavy atom. The summed E-state index contributed by atoms with van der Waals surface area (Å²) in [7, 11) is 0. The van der Waals surface area contributed by atoms with Crippen molar-refractivity contribution in [3.8, 4) is 11.5 Å². The number of hydrogen-bond acceptors (Lipinski definition) is 4. The van der Waals surface area contributed by atoms with Gasteiger partial charge in [0.2, 0.25) is 6.79 Å². The van der Waals surface area contributed by atoms with Crippen LogP contribution < -0.4 is 9.47 Å². The highest BCUT2D eigenvalue weighted by Crippen LogP contribution is 2.32. The molecule has 0 aliphatic carbocycles.